The lowest BCUT2D eigenvalue weighted by molar-refractivity contribution is -0.135. The van der Waals surface area contributed by atoms with E-state index < -0.39 is 0 Å². The summed E-state index contributed by atoms with van der Waals surface area (Å²) < 4.78 is 10.5. The Bertz CT molecular complexity index is 532. The molecule has 1 saturated heterocycles. The summed E-state index contributed by atoms with van der Waals surface area (Å²) in [4.78, 5) is 27.0. The monoisotopic (exact) mass is 292 g/mol. The molecule has 1 aliphatic heterocycles. The Morgan fingerprint density at radius 1 is 1.43 bits per heavy atom. The highest BCUT2D eigenvalue weighted by molar-refractivity contribution is 5.92. The number of amides is 2. The van der Waals surface area contributed by atoms with E-state index in [0.717, 1.165) is 0 Å². The summed E-state index contributed by atoms with van der Waals surface area (Å²) in [5.41, 5.74) is 0.691. The number of benzene rings is 1. The first-order valence-electron chi connectivity index (χ1n) is 6.81. The smallest absolute Gasteiger partial charge is 0.226 e. The van der Waals surface area contributed by atoms with Crippen LogP contribution in [0.2, 0.25) is 0 Å². The average molecular weight is 292 g/mol. The molecule has 0 aliphatic carbocycles. The minimum absolute atomic E-state index is 0.00371. The molecule has 0 bridgehead atoms. The molecule has 1 fully saturated rings. The molecule has 6 heteroatoms. The van der Waals surface area contributed by atoms with Crippen LogP contribution in [0.4, 0.5) is 5.69 Å². The van der Waals surface area contributed by atoms with Crippen LogP contribution in [0.15, 0.2) is 24.3 Å². The Labute approximate surface area is 124 Å². The van der Waals surface area contributed by atoms with Gasteiger partial charge in [0.05, 0.1) is 7.11 Å². The second-order valence-electron chi connectivity index (χ2n) is 4.88. The lowest BCUT2D eigenvalue weighted by Crippen LogP contribution is -2.45. The second kappa shape index (κ2) is 6.58. The second-order valence-corrected chi connectivity index (χ2v) is 4.88. The van der Waals surface area contributed by atoms with Gasteiger partial charge in [0.2, 0.25) is 11.8 Å². The van der Waals surface area contributed by atoms with Crippen molar-refractivity contribution in [2.75, 3.05) is 25.8 Å². The van der Waals surface area contributed by atoms with Crippen molar-refractivity contribution in [3.63, 3.8) is 0 Å². The van der Waals surface area contributed by atoms with Crippen LogP contribution in [0.1, 0.15) is 19.8 Å². The van der Waals surface area contributed by atoms with Gasteiger partial charge in [-0.2, -0.15) is 0 Å². The van der Waals surface area contributed by atoms with E-state index in [4.69, 9.17) is 9.47 Å². The third kappa shape index (κ3) is 3.33. The molecule has 2 rings (SSSR count). The van der Waals surface area contributed by atoms with E-state index in [1.807, 2.05) is 12.1 Å². The summed E-state index contributed by atoms with van der Waals surface area (Å²) in [5.74, 6) is 0.517. The quantitative estimate of drug-likeness (QED) is 0.827. The molecule has 0 N–H and O–H groups in total. The molecule has 1 atom stereocenters. The summed E-state index contributed by atoms with van der Waals surface area (Å²) in [5, 5.41) is 0. The van der Waals surface area contributed by atoms with Crippen molar-refractivity contribution in [3.8, 4) is 5.75 Å². The number of likely N-dealkylation sites (tertiary alicyclic amines) is 1. The molecule has 1 heterocycles. The van der Waals surface area contributed by atoms with Crippen molar-refractivity contribution in [3.05, 3.63) is 24.3 Å². The molecule has 1 aliphatic rings. The zero-order valence-electron chi connectivity index (χ0n) is 12.5. The molecule has 1 aromatic rings. The van der Waals surface area contributed by atoms with Gasteiger partial charge in [-0.1, -0.05) is 6.07 Å². The number of anilines is 1. The Hall–Kier alpha value is -2.08. The summed E-state index contributed by atoms with van der Waals surface area (Å²) in [6, 6.07) is 7.19. The third-order valence-corrected chi connectivity index (χ3v) is 3.58. The van der Waals surface area contributed by atoms with Gasteiger partial charge in [0, 0.05) is 38.6 Å². The van der Waals surface area contributed by atoms with Crippen LogP contribution in [0, 0.1) is 0 Å². The number of nitrogens with zero attached hydrogens (tertiary/aromatic N) is 2. The topological polar surface area (TPSA) is 59.1 Å². The Morgan fingerprint density at radius 3 is 2.81 bits per heavy atom. The van der Waals surface area contributed by atoms with Gasteiger partial charge in [-0.05, 0) is 12.1 Å². The van der Waals surface area contributed by atoms with Crippen molar-refractivity contribution < 1.29 is 19.1 Å². The van der Waals surface area contributed by atoms with E-state index in [0.29, 0.717) is 24.3 Å². The van der Waals surface area contributed by atoms with Crippen molar-refractivity contribution >= 4 is 17.5 Å². The van der Waals surface area contributed by atoms with E-state index in [1.54, 1.807) is 31.3 Å². The number of carbonyl (C=O) groups is 2. The van der Waals surface area contributed by atoms with Crippen LogP contribution >= 0.6 is 0 Å². The fourth-order valence-corrected chi connectivity index (χ4v) is 2.42. The number of ether oxygens (including phenoxy) is 2. The molecule has 1 aromatic carbocycles. The largest absolute Gasteiger partial charge is 0.497 e. The Kier molecular flexibility index (Phi) is 4.80. The Balaban J connectivity index is 2.23. The van der Waals surface area contributed by atoms with Crippen molar-refractivity contribution in [2.24, 2.45) is 0 Å². The van der Waals surface area contributed by atoms with Gasteiger partial charge in [0.25, 0.3) is 0 Å². The molecule has 21 heavy (non-hydrogen) atoms. The van der Waals surface area contributed by atoms with Gasteiger partial charge in [-0.25, -0.2) is 0 Å². The summed E-state index contributed by atoms with van der Waals surface area (Å²) in [7, 11) is 3.14. The van der Waals surface area contributed by atoms with Crippen molar-refractivity contribution in [1.82, 2.24) is 4.90 Å². The van der Waals surface area contributed by atoms with Crippen LogP contribution < -0.4 is 9.64 Å². The lowest BCUT2D eigenvalue weighted by Gasteiger charge is -2.30. The van der Waals surface area contributed by atoms with Gasteiger partial charge in [-0.15, -0.1) is 0 Å². The van der Waals surface area contributed by atoms with Crippen LogP contribution in [-0.2, 0) is 14.3 Å². The maximum atomic E-state index is 11.9. The van der Waals surface area contributed by atoms with Crippen LogP contribution in [0.5, 0.6) is 5.75 Å². The van der Waals surface area contributed by atoms with E-state index >= 15 is 0 Å². The fourth-order valence-electron chi connectivity index (χ4n) is 2.42. The zero-order valence-corrected chi connectivity index (χ0v) is 12.5. The summed E-state index contributed by atoms with van der Waals surface area (Å²) >= 11 is 0. The molecule has 0 radical (unpaired) electrons. The van der Waals surface area contributed by atoms with E-state index in [2.05, 4.69) is 0 Å². The van der Waals surface area contributed by atoms with E-state index in [9.17, 15) is 9.59 Å². The molecule has 0 unspecified atom stereocenters. The minimum Gasteiger partial charge on any atom is -0.497 e. The van der Waals surface area contributed by atoms with Gasteiger partial charge in [0.1, 0.15) is 18.6 Å². The maximum absolute atomic E-state index is 11.9. The van der Waals surface area contributed by atoms with Crippen LogP contribution in [-0.4, -0.2) is 43.8 Å². The van der Waals surface area contributed by atoms with E-state index in [-0.39, 0.29) is 24.7 Å². The molecule has 6 nitrogen and oxygen atoms in total. The van der Waals surface area contributed by atoms with Crippen molar-refractivity contribution in [2.45, 2.75) is 26.0 Å². The first-order valence-corrected chi connectivity index (χ1v) is 6.81. The van der Waals surface area contributed by atoms with E-state index in [1.165, 1.54) is 11.8 Å². The number of methoxy groups -OCH3 is 2. The zero-order chi connectivity index (χ0) is 15.4. The Morgan fingerprint density at radius 2 is 2.19 bits per heavy atom. The van der Waals surface area contributed by atoms with Gasteiger partial charge in [-0.3, -0.25) is 19.4 Å². The number of rotatable bonds is 5. The number of hydrogen-bond donors (Lipinski definition) is 0. The average Bonchev–Trinajstić information content (AvgIpc) is 2.84. The maximum Gasteiger partial charge on any atom is 0.226 e. The molecule has 2 amide bonds. The minimum atomic E-state index is -0.273. The summed E-state index contributed by atoms with van der Waals surface area (Å²) in [6.45, 7) is 1.65. The number of carbonyl (C=O) groups excluding carboxylic acids is 2. The highest BCUT2D eigenvalue weighted by atomic mass is 16.5. The van der Waals surface area contributed by atoms with Crippen LogP contribution in [0.25, 0.3) is 0 Å². The standard InChI is InChI=1S/C15H20N2O4/c1-11(18)16(12-5-4-6-13(9-12)20-2)10-17-14(19)7-8-15(17)21-3/h4-6,9,15H,7-8,10H2,1-3H3/t15-/m0/s1. The molecular formula is C15H20N2O4. The molecule has 0 aromatic heterocycles. The fraction of sp³-hybridized carbons (Fsp3) is 0.467. The molecule has 0 saturated carbocycles. The lowest BCUT2D eigenvalue weighted by atomic mass is 10.2. The SMILES string of the molecule is COc1cccc(N(CN2C(=O)CC[C@@H]2OC)C(C)=O)c1. The van der Waals surface area contributed by atoms with Crippen molar-refractivity contribution in [1.29, 1.82) is 0 Å². The third-order valence-electron chi connectivity index (χ3n) is 3.58. The predicted octanol–water partition coefficient (Wildman–Crippen LogP) is 1.60. The molecule has 0 spiro atoms. The highest BCUT2D eigenvalue weighted by Gasteiger charge is 2.33. The highest BCUT2D eigenvalue weighted by Crippen LogP contribution is 2.25. The summed E-state index contributed by atoms with van der Waals surface area (Å²) in [6.07, 6.45) is 0.826. The van der Waals surface area contributed by atoms with Gasteiger partial charge < -0.3 is 9.47 Å². The first kappa shape index (κ1) is 15.3. The predicted molar refractivity (Wildman–Crippen MR) is 77.9 cm³/mol. The van der Waals surface area contributed by atoms with Crippen LogP contribution in [0.3, 0.4) is 0 Å². The first-order chi connectivity index (χ1) is 10.1. The van der Waals surface area contributed by atoms with Gasteiger partial charge in [0.15, 0.2) is 0 Å². The number of hydrogen-bond acceptors (Lipinski definition) is 4. The molecular weight excluding hydrogens is 272 g/mol. The normalized spacial score (nSPS) is 18.0. The molecule has 114 valence electrons. The van der Waals surface area contributed by atoms with Gasteiger partial charge >= 0.3 is 0 Å².